The fourth-order valence-corrected chi connectivity index (χ4v) is 1.54. The maximum Gasteiger partial charge on any atom is 0.122 e. The van der Waals surface area contributed by atoms with Gasteiger partial charge in [0.05, 0.1) is 33.0 Å². The maximum absolute atomic E-state index is 5.68. The molecule has 108 valence electrons. The molecule has 1 rings (SSSR count). The highest BCUT2D eigenvalue weighted by molar-refractivity contribution is 5.35. The van der Waals surface area contributed by atoms with Gasteiger partial charge in [-0.2, -0.15) is 0 Å². The van der Waals surface area contributed by atoms with Gasteiger partial charge in [-0.3, -0.25) is 0 Å². The molecule has 0 bridgehead atoms. The van der Waals surface area contributed by atoms with Crippen molar-refractivity contribution in [2.45, 2.75) is 13.8 Å². The zero-order chi connectivity index (χ0) is 13.9. The summed E-state index contributed by atoms with van der Waals surface area (Å²) in [6, 6.07) is 6.19. The molecule has 0 amide bonds. The van der Waals surface area contributed by atoms with Crippen LogP contribution in [0.1, 0.15) is 11.1 Å². The Bertz CT molecular complexity index is 352. The van der Waals surface area contributed by atoms with Crippen LogP contribution in [-0.4, -0.2) is 46.8 Å². The molecule has 0 saturated carbocycles. The Labute approximate surface area is 115 Å². The number of aryl methyl sites for hydroxylation is 2. The number of ether oxygens (including phenoxy) is 4. The van der Waals surface area contributed by atoms with Gasteiger partial charge >= 0.3 is 0 Å². The second kappa shape index (κ2) is 9.78. The van der Waals surface area contributed by atoms with E-state index in [9.17, 15) is 0 Å². The van der Waals surface area contributed by atoms with Crippen LogP contribution in [0.2, 0.25) is 0 Å². The Kier molecular flexibility index (Phi) is 8.21. The van der Waals surface area contributed by atoms with Gasteiger partial charge in [0.15, 0.2) is 0 Å². The summed E-state index contributed by atoms with van der Waals surface area (Å²) in [6.07, 6.45) is 0. The molecule has 4 nitrogen and oxygen atoms in total. The maximum atomic E-state index is 5.68. The molecule has 0 radical (unpaired) electrons. The summed E-state index contributed by atoms with van der Waals surface area (Å²) in [6.45, 7) is 7.63. The van der Waals surface area contributed by atoms with Crippen molar-refractivity contribution in [1.29, 1.82) is 0 Å². The van der Waals surface area contributed by atoms with Crippen molar-refractivity contribution in [3.05, 3.63) is 29.3 Å². The molecule has 0 spiro atoms. The minimum Gasteiger partial charge on any atom is -0.491 e. The van der Waals surface area contributed by atoms with E-state index in [1.807, 2.05) is 13.0 Å². The summed E-state index contributed by atoms with van der Waals surface area (Å²) in [4.78, 5) is 0. The standard InChI is InChI=1S/C15H24O4/c1-13-4-5-14(2)15(12-13)19-11-10-18-9-8-17-7-6-16-3/h4-5,12H,6-11H2,1-3H3. The molecule has 1 aromatic rings. The van der Waals surface area contributed by atoms with Crippen LogP contribution in [0, 0.1) is 13.8 Å². The van der Waals surface area contributed by atoms with E-state index in [1.165, 1.54) is 5.56 Å². The van der Waals surface area contributed by atoms with E-state index in [0.717, 1.165) is 11.3 Å². The van der Waals surface area contributed by atoms with Gasteiger partial charge in [-0.1, -0.05) is 12.1 Å². The Morgan fingerprint density at radius 3 is 2.16 bits per heavy atom. The molecule has 0 saturated heterocycles. The first-order valence-electron chi connectivity index (χ1n) is 6.58. The predicted molar refractivity (Wildman–Crippen MR) is 74.9 cm³/mol. The van der Waals surface area contributed by atoms with Gasteiger partial charge in [0.25, 0.3) is 0 Å². The average Bonchev–Trinajstić information content (AvgIpc) is 2.40. The predicted octanol–water partition coefficient (Wildman–Crippen LogP) is 2.36. The molecule has 0 aromatic heterocycles. The van der Waals surface area contributed by atoms with Crippen LogP contribution in [-0.2, 0) is 14.2 Å². The third kappa shape index (κ3) is 7.15. The second-order valence-electron chi connectivity index (χ2n) is 4.33. The molecule has 0 fully saturated rings. The van der Waals surface area contributed by atoms with Gasteiger partial charge in [-0.15, -0.1) is 0 Å². The van der Waals surface area contributed by atoms with E-state index in [-0.39, 0.29) is 0 Å². The minimum atomic E-state index is 0.558. The Morgan fingerprint density at radius 1 is 0.842 bits per heavy atom. The summed E-state index contributed by atoms with van der Waals surface area (Å²) < 4.78 is 21.2. The normalized spacial score (nSPS) is 10.7. The van der Waals surface area contributed by atoms with Gasteiger partial charge in [-0.05, 0) is 31.0 Å². The van der Waals surface area contributed by atoms with Crippen molar-refractivity contribution < 1.29 is 18.9 Å². The smallest absolute Gasteiger partial charge is 0.122 e. The van der Waals surface area contributed by atoms with Crippen LogP contribution in [0.15, 0.2) is 18.2 Å². The van der Waals surface area contributed by atoms with Crippen molar-refractivity contribution in [3.63, 3.8) is 0 Å². The lowest BCUT2D eigenvalue weighted by molar-refractivity contribution is 0.0179. The van der Waals surface area contributed by atoms with Crippen LogP contribution in [0.4, 0.5) is 0 Å². The highest BCUT2D eigenvalue weighted by atomic mass is 16.6. The summed E-state index contributed by atoms with van der Waals surface area (Å²) in [5, 5.41) is 0. The minimum absolute atomic E-state index is 0.558. The molecule has 4 heteroatoms. The van der Waals surface area contributed by atoms with Crippen molar-refractivity contribution >= 4 is 0 Å². The van der Waals surface area contributed by atoms with Crippen molar-refractivity contribution in [2.24, 2.45) is 0 Å². The van der Waals surface area contributed by atoms with E-state index < -0.39 is 0 Å². The molecule has 0 atom stereocenters. The van der Waals surface area contributed by atoms with Gasteiger partial charge < -0.3 is 18.9 Å². The molecular formula is C15H24O4. The molecular weight excluding hydrogens is 244 g/mol. The topological polar surface area (TPSA) is 36.9 Å². The first-order chi connectivity index (χ1) is 9.24. The van der Waals surface area contributed by atoms with E-state index in [2.05, 4.69) is 19.1 Å². The fraction of sp³-hybridized carbons (Fsp3) is 0.600. The summed E-state index contributed by atoms with van der Waals surface area (Å²) in [5.74, 6) is 0.931. The Hall–Kier alpha value is -1.10. The zero-order valence-corrected chi connectivity index (χ0v) is 12.1. The van der Waals surface area contributed by atoms with Gasteiger partial charge in [0.1, 0.15) is 12.4 Å². The average molecular weight is 268 g/mol. The van der Waals surface area contributed by atoms with Crippen molar-refractivity contribution in [2.75, 3.05) is 46.8 Å². The van der Waals surface area contributed by atoms with Crippen LogP contribution in [0.3, 0.4) is 0 Å². The van der Waals surface area contributed by atoms with E-state index >= 15 is 0 Å². The summed E-state index contributed by atoms with van der Waals surface area (Å²) in [5.41, 5.74) is 2.35. The molecule has 0 N–H and O–H groups in total. The monoisotopic (exact) mass is 268 g/mol. The lowest BCUT2D eigenvalue weighted by Gasteiger charge is -2.10. The number of hydrogen-bond donors (Lipinski definition) is 0. The third-order valence-electron chi connectivity index (χ3n) is 2.63. The molecule has 0 aliphatic carbocycles. The van der Waals surface area contributed by atoms with Crippen LogP contribution < -0.4 is 4.74 Å². The largest absolute Gasteiger partial charge is 0.491 e. The van der Waals surface area contributed by atoms with E-state index in [1.54, 1.807) is 7.11 Å². The van der Waals surface area contributed by atoms with Gasteiger partial charge in [0.2, 0.25) is 0 Å². The highest BCUT2D eigenvalue weighted by Gasteiger charge is 1.99. The lowest BCUT2D eigenvalue weighted by atomic mass is 10.1. The number of rotatable bonds is 10. The SMILES string of the molecule is COCCOCCOCCOc1cc(C)ccc1C. The Morgan fingerprint density at radius 2 is 1.47 bits per heavy atom. The molecule has 0 aliphatic rings. The third-order valence-corrected chi connectivity index (χ3v) is 2.63. The highest BCUT2D eigenvalue weighted by Crippen LogP contribution is 2.18. The van der Waals surface area contributed by atoms with Crippen molar-refractivity contribution in [1.82, 2.24) is 0 Å². The second-order valence-corrected chi connectivity index (χ2v) is 4.33. The van der Waals surface area contributed by atoms with E-state index in [4.69, 9.17) is 18.9 Å². The Balaban J connectivity index is 2.03. The van der Waals surface area contributed by atoms with Gasteiger partial charge in [-0.25, -0.2) is 0 Å². The van der Waals surface area contributed by atoms with Crippen LogP contribution in [0.25, 0.3) is 0 Å². The first-order valence-corrected chi connectivity index (χ1v) is 6.58. The van der Waals surface area contributed by atoms with Crippen molar-refractivity contribution in [3.8, 4) is 5.75 Å². The summed E-state index contributed by atoms with van der Waals surface area (Å²) in [7, 11) is 1.66. The first kappa shape index (κ1) is 16.0. The summed E-state index contributed by atoms with van der Waals surface area (Å²) >= 11 is 0. The fourth-order valence-electron chi connectivity index (χ4n) is 1.54. The van der Waals surface area contributed by atoms with Crippen LogP contribution in [0.5, 0.6) is 5.75 Å². The molecule has 0 unspecified atom stereocenters. The quantitative estimate of drug-likeness (QED) is 0.610. The number of methoxy groups -OCH3 is 1. The molecule has 19 heavy (non-hydrogen) atoms. The molecule has 0 heterocycles. The number of benzene rings is 1. The molecule has 1 aromatic carbocycles. The van der Waals surface area contributed by atoms with E-state index in [0.29, 0.717) is 39.6 Å². The van der Waals surface area contributed by atoms with Crippen LogP contribution >= 0.6 is 0 Å². The lowest BCUT2D eigenvalue weighted by Crippen LogP contribution is -2.12. The number of hydrogen-bond acceptors (Lipinski definition) is 4. The zero-order valence-electron chi connectivity index (χ0n) is 12.1. The van der Waals surface area contributed by atoms with Gasteiger partial charge in [0, 0.05) is 7.11 Å². The molecule has 0 aliphatic heterocycles.